The van der Waals surface area contributed by atoms with Crippen LogP contribution in [0.1, 0.15) is 29.3 Å². The molecule has 4 heteroatoms. The maximum absolute atomic E-state index is 5.86. The molecule has 1 aromatic rings. The third-order valence-corrected chi connectivity index (χ3v) is 5.28. The highest BCUT2D eigenvalue weighted by atomic mass is 79.9. The average Bonchev–Trinajstić information content (AvgIpc) is 2.95. The molecule has 98 valence electrons. The Hall–Kier alpha value is -0.0600. The maximum atomic E-state index is 5.86. The molecule has 0 saturated carbocycles. The van der Waals surface area contributed by atoms with Crippen molar-refractivity contribution in [2.24, 2.45) is 5.92 Å². The Morgan fingerprint density at radius 2 is 2.17 bits per heavy atom. The molecule has 0 bridgehead atoms. The van der Waals surface area contributed by atoms with E-state index in [-0.39, 0.29) is 10.9 Å². The Labute approximate surface area is 124 Å². The summed E-state index contributed by atoms with van der Waals surface area (Å²) in [6.07, 6.45) is 2.39. The van der Waals surface area contributed by atoms with E-state index in [2.05, 4.69) is 50.9 Å². The van der Waals surface area contributed by atoms with Gasteiger partial charge in [0.15, 0.2) is 0 Å². The van der Waals surface area contributed by atoms with Crippen molar-refractivity contribution in [2.45, 2.75) is 30.7 Å². The molecule has 1 aromatic carbocycles. The monoisotopic (exact) mass is 374 g/mol. The van der Waals surface area contributed by atoms with Crippen molar-refractivity contribution in [3.8, 4) is 5.75 Å². The molecule has 2 aliphatic heterocycles. The second kappa shape index (κ2) is 5.14. The predicted octanol–water partition coefficient (Wildman–Crippen LogP) is 4.25. The smallest absolute Gasteiger partial charge is 0.127 e. The molecular weight excluding hydrogens is 360 g/mol. The summed E-state index contributed by atoms with van der Waals surface area (Å²) in [6.45, 7) is 3.91. The van der Waals surface area contributed by atoms with Crippen LogP contribution in [0.25, 0.3) is 0 Å². The molecule has 0 radical (unpaired) electrons. The first-order valence-electron chi connectivity index (χ1n) is 6.37. The summed E-state index contributed by atoms with van der Waals surface area (Å²) < 4.78 is 12.8. The molecule has 18 heavy (non-hydrogen) atoms. The van der Waals surface area contributed by atoms with Crippen molar-refractivity contribution in [1.29, 1.82) is 0 Å². The van der Waals surface area contributed by atoms with Crippen LogP contribution in [0.15, 0.2) is 16.6 Å². The van der Waals surface area contributed by atoms with E-state index in [0.717, 1.165) is 36.3 Å². The highest BCUT2D eigenvalue weighted by Gasteiger charge is 2.34. The Kier molecular flexibility index (Phi) is 3.70. The molecule has 0 aromatic heterocycles. The fourth-order valence-corrected chi connectivity index (χ4v) is 4.31. The van der Waals surface area contributed by atoms with Gasteiger partial charge in [-0.25, -0.2) is 0 Å². The molecule has 3 rings (SSSR count). The van der Waals surface area contributed by atoms with E-state index in [4.69, 9.17) is 9.47 Å². The zero-order chi connectivity index (χ0) is 12.7. The van der Waals surface area contributed by atoms with Gasteiger partial charge in [-0.3, -0.25) is 0 Å². The minimum absolute atomic E-state index is 0.208. The van der Waals surface area contributed by atoms with E-state index < -0.39 is 0 Å². The summed E-state index contributed by atoms with van der Waals surface area (Å²) in [6, 6.07) is 4.31. The number of rotatable bonds is 2. The SMILES string of the molecule is CC1CCOC1C(Br)c1cc(Br)cc2c1OCC2. The van der Waals surface area contributed by atoms with Crippen LogP contribution in [-0.4, -0.2) is 19.3 Å². The first-order chi connectivity index (χ1) is 8.66. The normalized spacial score (nSPS) is 27.9. The van der Waals surface area contributed by atoms with Crippen LogP contribution in [0.2, 0.25) is 0 Å². The second-order valence-corrected chi connectivity index (χ2v) is 6.99. The first-order valence-corrected chi connectivity index (χ1v) is 8.08. The Morgan fingerprint density at radius 3 is 2.89 bits per heavy atom. The van der Waals surface area contributed by atoms with E-state index in [1.807, 2.05) is 0 Å². The second-order valence-electron chi connectivity index (χ2n) is 5.08. The topological polar surface area (TPSA) is 18.5 Å². The number of alkyl halides is 1. The summed E-state index contributed by atoms with van der Waals surface area (Å²) in [7, 11) is 0. The molecule has 2 heterocycles. The summed E-state index contributed by atoms with van der Waals surface area (Å²) in [5.41, 5.74) is 2.52. The molecule has 1 fully saturated rings. The van der Waals surface area contributed by atoms with Crippen LogP contribution in [0.5, 0.6) is 5.75 Å². The van der Waals surface area contributed by atoms with Gasteiger partial charge in [0, 0.05) is 23.1 Å². The lowest BCUT2D eigenvalue weighted by molar-refractivity contribution is 0.0929. The number of benzene rings is 1. The maximum Gasteiger partial charge on any atom is 0.127 e. The van der Waals surface area contributed by atoms with Gasteiger partial charge in [-0.1, -0.05) is 38.8 Å². The lowest BCUT2D eigenvalue weighted by atomic mass is 9.95. The van der Waals surface area contributed by atoms with Gasteiger partial charge < -0.3 is 9.47 Å². The van der Waals surface area contributed by atoms with Crippen LogP contribution < -0.4 is 4.74 Å². The third-order valence-electron chi connectivity index (χ3n) is 3.81. The van der Waals surface area contributed by atoms with E-state index in [0.29, 0.717) is 5.92 Å². The minimum atomic E-state index is 0.208. The molecule has 3 unspecified atom stereocenters. The predicted molar refractivity (Wildman–Crippen MR) is 78.5 cm³/mol. The highest BCUT2D eigenvalue weighted by Crippen LogP contribution is 2.44. The fraction of sp³-hybridized carbons (Fsp3) is 0.571. The third kappa shape index (κ3) is 2.23. The van der Waals surface area contributed by atoms with Crippen molar-refractivity contribution in [2.75, 3.05) is 13.2 Å². The molecule has 0 aliphatic carbocycles. The first kappa shape index (κ1) is 12.9. The van der Waals surface area contributed by atoms with Gasteiger partial charge in [-0.15, -0.1) is 0 Å². The van der Waals surface area contributed by atoms with Crippen molar-refractivity contribution < 1.29 is 9.47 Å². The van der Waals surface area contributed by atoms with Gasteiger partial charge in [0.2, 0.25) is 0 Å². The molecular formula is C14H16Br2O2. The van der Waals surface area contributed by atoms with E-state index in [1.165, 1.54) is 11.1 Å². The molecule has 2 aliphatic rings. The van der Waals surface area contributed by atoms with Gasteiger partial charge in [0.1, 0.15) is 5.75 Å². The van der Waals surface area contributed by atoms with Crippen molar-refractivity contribution >= 4 is 31.9 Å². The summed E-state index contributed by atoms with van der Waals surface area (Å²) in [5, 5.41) is 0. The number of ether oxygens (including phenoxy) is 2. The minimum Gasteiger partial charge on any atom is -0.493 e. The standard InChI is InChI=1S/C14H16Br2O2/c1-8-2-4-17-13(8)12(16)11-7-10(15)6-9-3-5-18-14(9)11/h6-8,12-13H,2-5H2,1H3. The van der Waals surface area contributed by atoms with Crippen molar-refractivity contribution in [1.82, 2.24) is 0 Å². The Bertz CT molecular complexity index is 461. The Balaban J connectivity index is 1.96. The van der Waals surface area contributed by atoms with Crippen LogP contribution in [0.3, 0.4) is 0 Å². The molecule has 3 atom stereocenters. The van der Waals surface area contributed by atoms with Gasteiger partial charge >= 0.3 is 0 Å². The number of fused-ring (bicyclic) bond motifs is 1. The summed E-state index contributed by atoms with van der Waals surface area (Å²) in [5.74, 6) is 1.65. The molecule has 0 N–H and O–H groups in total. The fourth-order valence-electron chi connectivity index (χ4n) is 2.77. The highest BCUT2D eigenvalue weighted by molar-refractivity contribution is 9.10. The number of hydrogen-bond acceptors (Lipinski definition) is 2. The molecule has 1 saturated heterocycles. The zero-order valence-electron chi connectivity index (χ0n) is 10.3. The van der Waals surface area contributed by atoms with Crippen molar-refractivity contribution in [3.63, 3.8) is 0 Å². The summed E-state index contributed by atoms with van der Waals surface area (Å²) >= 11 is 7.41. The molecule has 0 spiro atoms. The number of halogens is 2. The van der Waals surface area contributed by atoms with Crippen molar-refractivity contribution in [3.05, 3.63) is 27.7 Å². The van der Waals surface area contributed by atoms with Crippen LogP contribution in [0.4, 0.5) is 0 Å². The summed E-state index contributed by atoms with van der Waals surface area (Å²) in [4.78, 5) is 0.208. The quantitative estimate of drug-likeness (QED) is 0.719. The van der Waals surface area contributed by atoms with Gasteiger partial charge in [0.05, 0.1) is 17.5 Å². The molecule has 2 nitrogen and oxygen atoms in total. The Morgan fingerprint density at radius 1 is 1.33 bits per heavy atom. The van der Waals surface area contributed by atoms with E-state index in [1.54, 1.807) is 0 Å². The van der Waals surface area contributed by atoms with Crippen LogP contribution in [-0.2, 0) is 11.2 Å². The van der Waals surface area contributed by atoms with E-state index >= 15 is 0 Å². The van der Waals surface area contributed by atoms with Gasteiger partial charge in [-0.05, 0) is 30.0 Å². The van der Waals surface area contributed by atoms with E-state index in [9.17, 15) is 0 Å². The van der Waals surface area contributed by atoms with Crippen LogP contribution >= 0.6 is 31.9 Å². The lowest BCUT2D eigenvalue weighted by Crippen LogP contribution is -2.19. The van der Waals surface area contributed by atoms with Gasteiger partial charge in [-0.2, -0.15) is 0 Å². The largest absolute Gasteiger partial charge is 0.493 e. The number of hydrogen-bond donors (Lipinski definition) is 0. The zero-order valence-corrected chi connectivity index (χ0v) is 13.5. The molecule has 0 amide bonds. The lowest BCUT2D eigenvalue weighted by Gasteiger charge is -2.23. The van der Waals surface area contributed by atoms with Gasteiger partial charge in [0.25, 0.3) is 0 Å². The average molecular weight is 376 g/mol. The van der Waals surface area contributed by atoms with Crippen LogP contribution in [0, 0.1) is 5.92 Å².